The van der Waals surface area contributed by atoms with E-state index in [-0.39, 0.29) is 13.0 Å². The highest BCUT2D eigenvalue weighted by Crippen LogP contribution is 2.44. The van der Waals surface area contributed by atoms with E-state index in [0.717, 1.165) is 10.1 Å². The first kappa shape index (κ1) is 17.0. The lowest BCUT2D eigenvalue weighted by atomic mass is 9.97. The second-order valence-electron chi connectivity index (χ2n) is 5.53. The number of halogens is 3. The van der Waals surface area contributed by atoms with Crippen LogP contribution in [-0.4, -0.2) is 26.7 Å². The molecule has 132 valence electrons. The molecule has 1 aliphatic heterocycles. The van der Waals surface area contributed by atoms with Crippen molar-refractivity contribution < 1.29 is 23.1 Å². The van der Waals surface area contributed by atoms with Crippen molar-refractivity contribution in [2.75, 3.05) is 5.32 Å². The molecule has 7 nitrogen and oxygen atoms in total. The van der Waals surface area contributed by atoms with Gasteiger partial charge in [-0.05, 0) is 12.0 Å². The number of aromatic nitrogens is 2. The highest BCUT2D eigenvalue weighted by atomic mass is 19.4. The van der Waals surface area contributed by atoms with Gasteiger partial charge in [-0.1, -0.05) is 30.3 Å². The van der Waals surface area contributed by atoms with E-state index in [1.807, 2.05) is 5.32 Å². The maximum Gasteiger partial charge on any atom is 0.431 e. The summed E-state index contributed by atoms with van der Waals surface area (Å²) in [6, 6.07) is 8.78. The predicted molar refractivity (Wildman–Crippen MR) is 80.1 cm³/mol. The topological polar surface area (TPSA) is 104 Å². The Bertz CT molecular complexity index is 949. The van der Waals surface area contributed by atoms with Crippen LogP contribution < -0.4 is 16.6 Å². The number of amides is 1. The van der Waals surface area contributed by atoms with Crippen LogP contribution in [0.4, 0.5) is 19.0 Å². The van der Waals surface area contributed by atoms with E-state index in [1.165, 1.54) is 0 Å². The van der Waals surface area contributed by atoms with Gasteiger partial charge in [0.15, 0.2) is 0 Å². The monoisotopic (exact) mass is 355 g/mol. The molecule has 3 rings (SSSR count). The number of aliphatic hydroxyl groups is 1. The van der Waals surface area contributed by atoms with E-state index in [4.69, 9.17) is 0 Å². The zero-order chi connectivity index (χ0) is 18.4. The molecule has 25 heavy (non-hydrogen) atoms. The van der Waals surface area contributed by atoms with Gasteiger partial charge < -0.3 is 10.4 Å². The Labute approximate surface area is 137 Å². The molecule has 1 atom stereocenters. The Hall–Kier alpha value is -2.88. The molecule has 1 aromatic carbocycles. The van der Waals surface area contributed by atoms with Crippen molar-refractivity contribution in [3.63, 3.8) is 0 Å². The van der Waals surface area contributed by atoms with E-state index in [1.54, 1.807) is 35.3 Å². The predicted octanol–water partition coefficient (Wildman–Crippen LogP) is 0.481. The van der Waals surface area contributed by atoms with E-state index in [9.17, 15) is 32.7 Å². The van der Waals surface area contributed by atoms with Crippen molar-refractivity contribution in [2.45, 2.75) is 24.7 Å². The average molecular weight is 355 g/mol. The van der Waals surface area contributed by atoms with E-state index >= 15 is 0 Å². The maximum absolute atomic E-state index is 13.2. The van der Waals surface area contributed by atoms with Crippen molar-refractivity contribution in [1.82, 2.24) is 9.55 Å². The number of H-pyrrole nitrogens is 1. The van der Waals surface area contributed by atoms with Gasteiger partial charge in [0.25, 0.3) is 17.1 Å². The Morgan fingerprint density at radius 3 is 2.36 bits per heavy atom. The van der Waals surface area contributed by atoms with Crippen molar-refractivity contribution in [3.8, 4) is 0 Å². The molecule has 2 aromatic rings. The molecule has 1 aromatic heterocycles. The molecule has 1 unspecified atom stereocenters. The summed E-state index contributed by atoms with van der Waals surface area (Å²) in [6.45, 7) is -0.101. The molecular weight excluding hydrogens is 343 g/mol. The minimum absolute atomic E-state index is 0.101. The summed E-state index contributed by atoms with van der Waals surface area (Å²) >= 11 is 0. The van der Waals surface area contributed by atoms with Crippen LogP contribution in [-0.2, 0) is 23.4 Å². The minimum Gasteiger partial charge on any atom is -0.368 e. The normalized spacial score (nSPS) is 19.6. The smallest absolute Gasteiger partial charge is 0.368 e. The summed E-state index contributed by atoms with van der Waals surface area (Å²) < 4.78 is 40.4. The van der Waals surface area contributed by atoms with Gasteiger partial charge in [-0.2, -0.15) is 13.2 Å². The first-order chi connectivity index (χ1) is 11.7. The number of alkyl halides is 3. The van der Waals surface area contributed by atoms with Gasteiger partial charge in [0.05, 0.1) is 0 Å². The number of aromatic amines is 1. The summed E-state index contributed by atoms with van der Waals surface area (Å²) in [4.78, 5) is 37.3. The van der Waals surface area contributed by atoms with Crippen molar-refractivity contribution in [1.29, 1.82) is 0 Å². The fourth-order valence-corrected chi connectivity index (χ4v) is 2.72. The van der Waals surface area contributed by atoms with E-state index in [0.29, 0.717) is 0 Å². The minimum atomic E-state index is -5.42. The SMILES string of the molecule is O=C1Nc2c(c(=O)[nH]c(=O)n2CCc2ccccc2)C1(O)C(F)(F)F. The third kappa shape index (κ3) is 2.54. The van der Waals surface area contributed by atoms with Crippen LogP contribution in [0.1, 0.15) is 11.1 Å². The molecule has 0 saturated carbocycles. The number of hydrogen-bond donors (Lipinski definition) is 3. The van der Waals surface area contributed by atoms with Crippen LogP contribution in [0.5, 0.6) is 0 Å². The number of nitrogens with one attached hydrogen (secondary N) is 2. The van der Waals surface area contributed by atoms with E-state index < -0.39 is 40.3 Å². The summed E-state index contributed by atoms with van der Waals surface area (Å²) in [5, 5.41) is 11.7. The van der Waals surface area contributed by atoms with Crippen LogP contribution in [0.2, 0.25) is 0 Å². The number of benzene rings is 1. The number of carbonyl (C=O) groups is 1. The molecule has 0 radical (unpaired) electrons. The van der Waals surface area contributed by atoms with Crippen LogP contribution in [0, 0.1) is 0 Å². The van der Waals surface area contributed by atoms with E-state index in [2.05, 4.69) is 0 Å². The summed E-state index contributed by atoms with van der Waals surface area (Å²) in [7, 11) is 0. The second-order valence-corrected chi connectivity index (χ2v) is 5.53. The number of hydrogen-bond acceptors (Lipinski definition) is 4. The molecule has 0 fully saturated rings. The molecule has 10 heteroatoms. The Morgan fingerprint density at radius 2 is 1.76 bits per heavy atom. The lowest BCUT2D eigenvalue weighted by Crippen LogP contribution is -2.50. The number of fused-ring (bicyclic) bond motifs is 1. The second kappa shape index (κ2) is 5.59. The third-order valence-corrected chi connectivity index (χ3v) is 4.00. The molecule has 1 aliphatic rings. The molecule has 3 N–H and O–H groups in total. The number of anilines is 1. The molecule has 0 saturated heterocycles. The summed E-state index contributed by atoms with van der Waals surface area (Å²) in [6.07, 6.45) is -5.16. The van der Waals surface area contributed by atoms with Gasteiger partial charge in [-0.15, -0.1) is 0 Å². The van der Waals surface area contributed by atoms with Crippen molar-refractivity contribution >= 4 is 11.7 Å². The van der Waals surface area contributed by atoms with Gasteiger partial charge in [-0.3, -0.25) is 19.1 Å². The van der Waals surface area contributed by atoms with Gasteiger partial charge in [-0.25, -0.2) is 4.79 Å². The fourth-order valence-electron chi connectivity index (χ4n) is 2.72. The molecule has 1 amide bonds. The molecule has 0 spiro atoms. The van der Waals surface area contributed by atoms with Crippen LogP contribution in [0.25, 0.3) is 0 Å². The maximum atomic E-state index is 13.2. The number of rotatable bonds is 3. The lowest BCUT2D eigenvalue weighted by molar-refractivity contribution is -0.252. The van der Waals surface area contributed by atoms with Crippen molar-refractivity contribution in [2.24, 2.45) is 0 Å². The van der Waals surface area contributed by atoms with Crippen LogP contribution >= 0.6 is 0 Å². The Morgan fingerprint density at radius 1 is 1.12 bits per heavy atom. The zero-order valence-electron chi connectivity index (χ0n) is 12.6. The highest BCUT2D eigenvalue weighted by molar-refractivity contribution is 6.04. The average Bonchev–Trinajstić information content (AvgIpc) is 2.81. The Balaban J connectivity index is 2.11. The standard InChI is InChI=1S/C15H12F3N3O4/c16-15(17,18)14(25)9-10(19-12(14)23)21(13(24)20-11(9)22)7-6-8-4-2-1-3-5-8/h1-5,25H,6-7H2,(H,19,23)(H,20,22,24). The summed E-state index contributed by atoms with van der Waals surface area (Å²) in [5.41, 5.74) is -6.87. The van der Waals surface area contributed by atoms with Crippen LogP contribution in [0.3, 0.4) is 0 Å². The first-order valence-corrected chi connectivity index (χ1v) is 7.18. The van der Waals surface area contributed by atoms with Crippen molar-refractivity contribution in [3.05, 3.63) is 62.3 Å². The number of carbonyl (C=O) groups excluding carboxylic acids is 1. The van der Waals surface area contributed by atoms with Gasteiger partial charge in [0, 0.05) is 6.54 Å². The molecule has 0 aliphatic carbocycles. The third-order valence-electron chi connectivity index (χ3n) is 4.00. The fraction of sp³-hybridized carbons (Fsp3) is 0.267. The number of nitrogens with zero attached hydrogens (tertiary/aromatic N) is 1. The lowest BCUT2D eigenvalue weighted by Gasteiger charge is -2.22. The largest absolute Gasteiger partial charge is 0.431 e. The number of aryl methyl sites for hydroxylation is 1. The van der Waals surface area contributed by atoms with Gasteiger partial charge in [0.1, 0.15) is 11.4 Å². The Kier molecular flexibility index (Phi) is 3.79. The zero-order valence-corrected chi connectivity index (χ0v) is 12.6. The quantitative estimate of drug-likeness (QED) is 0.745. The first-order valence-electron chi connectivity index (χ1n) is 7.18. The molecule has 0 bridgehead atoms. The van der Waals surface area contributed by atoms with Crippen LogP contribution in [0.15, 0.2) is 39.9 Å². The highest BCUT2D eigenvalue weighted by Gasteiger charge is 2.66. The summed E-state index contributed by atoms with van der Waals surface area (Å²) in [5.74, 6) is -2.46. The molecular formula is C15H12F3N3O4. The molecule has 2 heterocycles. The van der Waals surface area contributed by atoms with Gasteiger partial charge in [0.2, 0.25) is 0 Å². The van der Waals surface area contributed by atoms with Gasteiger partial charge >= 0.3 is 11.9 Å².